The van der Waals surface area contributed by atoms with Gasteiger partial charge in [0.25, 0.3) is 5.91 Å². The number of benzene rings is 2. The van der Waals surface area contributed by atoms with Crippen molar-refractivity contribution >= 4 is 27.7 Å². The van der Waals surface area contributed by atoms with Crippen LogP contribution < -0.4 is 14.8 Å². The second kappa shape index (κ2) is 10.1. The van der Waals surface area contributed by atoms with E-state index >= 15 is 0 Å². The second-order valence-corrected chi connectivity index (χ2v) is 9.65. The summed E-state index contributed by atoms with van der Waals surface area (Å²) in [6.45, 7) is 7.04. The molecule has 0 fully saturated rings. The van der Waals surface area contributed by atoms with Gasteiger partial charge in [0.05, 0.1) is 10.9 Å². The van der Waals surface area contributed by atoms with E-state index in [0.717, 1.165) is 5.56 Å². The van der Waals surface area contributed by atoms with Gasteiger partial charge in [0, 0.05) is 10.9 Å². The molecule has 2 rings (SSSR count). The van der Waals surface area contributed by atoms with Crippen molar-refractivity contribution in [3.05, 3.63) is 53.6 Å². The van der Waals surface area contributed by atoms with Gasteiger partial charge < -0.3 is 10.1 Å². The number of aryl methyl sites for hydroxylation is 1. The van der Waals surface area contributed by atoms with Crippen molar-refractivity contribution in [1.29, 1.82) is 0 Å². The van der Waals surface area contributed by atoms with Crippen LogP contribution in [0, 0.1) is 6.92 Å². The predicted molar refractivity (Wildman–Crippen MR) is 117 cm³/mol. The molecule has 0 aliphatic rings. The van der Waals surface area contributed by atoms with Crippen LogP contribution in [0.15, 0.2) is 52.3 Å². The number of carbonyl (C=O) groups excluding carboxylic acids is 1. The Morgan fingerprint density at radius 1 is 1.10 bits per heavy atom. The quantitative estimate of drug-likeness (QED) is 0.586. The Morgan fingerprint density at radius 2 is 1.76 bits per heavy atom. The minimum Gasteiger partial charge on any atom is -0.484 e. The van der Waals surface area contributed by atoms with Crippen molar-refractivity contribution in [2.75, 3.05) is 12.9 Å². The molecule has 0 radical (unpaired) electrons. The molecule has 29 heavy (non-hydrogen) atoms. The molecule has 0 aliphatic carbocycles. The zero-order chi connectivity index (χ0) is 21.6. The van der Waals surface area contributed by atoms with Crippen molar-refractivity contribution in [1.82, 2.24) is 10.0 Å². The summed E-state index contributed by atoms with van der Waals surface area (Å²) in [5.41, 5.74) is 1.66. The summed E-state index contributed by atoms with van der Waals surface area (Å²) in [7, 11) is -3.57. The van der Waals surface area contributed by atoms with Crippen LogP contribution in [0.1, 0.15) is 37.9 Å². The fraction of sp³-hybridized carbons (Fsp3) is 0.381. The molecule has 2 aromatic rings. The Kier molecular flexibility index (Phi) is 8.13. The van der Waals surface area contributed by atoms with Gasteiger partial charge in [-0.3, -0.25) is 4.79 Å². The molecule has 2 N–H and O–H groups in total. The molecule has 0 saturated heterocycles. The summed E-state index contributed by atoms with van der Waals surface area (Å²) < 4.78 is 32.6. The van der Waals surface area contributed by atoms with E-state index in [0.29, 0.717) is 11.3 Å². The van der Waals surface area contributed by atoms with Gasteiger partial charge in [-0.25, -0.2) is 13.1 Å². The Labute approximate surface area is 177 Å². The van der Waals surface area contributed by atoms with E-state index in [9.17, 15) is 13.2 Å². The Bertz CT molecular complexity index is 942. The maximum atomic E-state index is 12.3. The molecule has 0 aliphatic heterocycles. The fourth-order valence-electron chi connectivity index (χ4n) is 2.73. The van der Waals surface area contributed by atoms with E-state index < -0.39 is 10.0 Å². The predicted octanol–water partition coefficient (Wildman–Crippen LogP) is 3.66. The highest BCUT2D eigenvalue weighted by Gasteiger charge is 2.17. The molecule has 1 amide bonds. The van der Waals surface area contributed by atoms with Crippen LogP contribution >= 0.6 is 11.8 Å². The fourth-order valence-corrected chi connectivity index (χ4v) is 4.48. The van der Waals surface area contributed by atoms with E-state index in [1.54, 1.807) is 38.6 Å². The summed E-state index contributed by atoms with van der Waals surface area (Å²) in [4.78, 5) is 13.6. The highest BCUT2D eigenvalue weighted by Crippen LogP contribution is 2.22. The second-order valence-electron chi connectivity index (χ2n) is 7.05. The number of amides is 1. The third kappa shape index (κ3) is 6.76. The topological polar surface area (TPSA) is 84.5 Å². The zero-order valence-corrected chi connectivity index (χ0v) is 19.0. The molecular formula is C21H28N2O4S2. The van der Waals surface area contributed by atoms with Crippen LogP contribution in [0.3, 0.4) is 0 Å². The number of nitrogens with one attached hydrogen (secondary N) is 2. The van der Waals surface area contributed by atoms with Crippen molar-refractivity contribution < 1.29 is 17.9 Å². The van der Waals surface area contributed by atoms with Crippen molar-refractivity contribution in [3.8, 4) is 5.75 Å². The SMILES string of the molecule is CSc1ccc(C(C)NC(=O)COc2ccc(S(=O)(=O)NC(C)C)cc2C)cc1. The van der Waals surface area contributed by atoms with Gasteiger partial charge in [0.15, 0.2) is 6.61 Å². The molecule has 8 heteroatoms. The summed E-state index contributed by atoms with van der Waals surface area (Å²) in [5.74, 6) is 0.227. The molecule has 0 heterocycles. The molecule has 1 unspecified atom stereocenters. The van der Waals surface area contributed by atoms with E-state index in [1.165, 1.54) is 17.0 Å². The van der Waals surface area contributed by atoms with Gasteiger partial charge >= 0.3 is 0 Å². The lowest BCUT2D eigenvalue weighted by atomic mass is 10.1. The Morgan fingerprint density at radius 3 is 2.31 bits per heavy atom. The van der Waals surface area contributed by atoms with Crippen molar-refractivity contribution in [3.63, 3.8) is 0 Å². The average molecular weight is 437 g/mol. The monoisotopic (exact) mass is 436 g/mol. The number of rotatable bonds is 9. The maximum Gasteiger partial charge on any atom is 0.258 e. The van der Waals surface area contributed by atoms with Crippen LogP contribution in [0.25, 0.3) is 0 Å². The largest absolute Gasteiger partial charge is 0.484 e. The molecule has 1 atom stereocenters. The zero-order valence-electron chi connectivity index (χ0n) is 17.4. The lowest BCUT2D eigenvalue weighted by molar-refractivity contribution is -0.123. The number of hydrogen-bond donors (Lipinski definition) is 2. The van der Waals surface area contributed by atoms with Crippen LogP contribution in [0.5, 0.6) is 5.75 Å². The normalized spacial score (nSPS) is 12.6. The molecule has 0 spiro atoms. The Hall–Kier alpha value is -2.03. The minimum atomic E-state index is -3.57. The first kappa shape index (κ1) is 23.3. The van der Waals surface area contributed by atoms with E-state index in [-0.39, 0.29) is 29.5 Å². The molecule has 2 aromatic carbocycles. The van der Waals surface area contributed by atoms with Crippen LogP contribution in [0.2, 0.25) is 0 Å². The number of ether oxygens (including phenoxy) is 1. The van der Waals surface area contributed by atoms with Gasteiger partial charge in [0.1, 0.15) is 5.75 Å². The van der Waals surface area contributed by atoms with Gasteiger partial charge in [-0.1, -0.05) is 12.1 Å². The van der Waals surface area contributed by atoms with Gasteiger partial charge in [0.2, 0.25) is 10.0 Å². The number of hydrogen-bond acceptors (Lipinski definition) is 5. The van der Waals surface area contributed by atoms with E-state index in [4.69, 9.17) is 4.74 Å². The third-order valence-corrected chi connectivity index (χ3v) is 6.60. The minimum absolute atomic E-state index is 0.141. The van der Waals surface area contributed by atoms with Gasteiger partial charge in [-0.15, -0.1) is 11.8 Å². The summed E-state index contributed by atoms with van der Waals surface area (Å²) in [6.07, 6.45) is 2.02. The van der Waals surface area contributed by atoms with Crippen LogP contribution in [-0.2, 0) is 14.8 Å². The number of carbonyl (C=O) groups is 1. The van der Waals surface area contributed by atoms with Gasteiger partial charge in [-0.2, -0.15) is 0 Å². The number of sulfonamides is 1. The maximum absolute atomic E-state index is 12.3. The molecule has 0 saturated carbocycles. The van der Waals surface area contributed by atoms with Crippen LogP contribution in [-0.4, -0.2) is 33.2 Å². The van der Waals surface area contributed by atoms with Crippen molar-refractivity contribution in [2.24, 2.45) is 0 Å². The molecule has 158 valence electrons. The van der Waals surface area contributed by atoms with Gasteiger partial charge in [-0.05, 0) is 75.4 Å². The number of thioether (sulfide) groups is 1. The van der Waals surface area contributed by atoms with Crippen LogP contribution in [0.4, 0.5) is 0 Å². The van der Waals surface area contributed by atoms with E-state index in [2.05, 4.69) is 10.0 Å². The Balaban J connectivity index is 1.95. The summed E-state index contributed by atoms with van der Waals surface area (Å²) >= 11 is 1.67. The third-order valence-electron chi connectivity index (χ3n) is 4.20. The first-order chi connectivity index (χ1) is 13.6. The average Bonchev–Trinajstić information content (AvgIpc) is 2.66. The molecular weight excluding hydrogens is 408 g/mol. The van der Waals surface area contributed by atoms with E-state index in [1.807, 2.05) is 37.4 Å². The highest BCUT2D eigenvalue weighted by molar-refractivity contribution is 7.98. The molecule has 6 nitrogen and oxygen atoms in total. The first-order valence-corrected chi connectivity index (χ1v) is 12.0. The summed E-state index contributed by atoms with van der Waals surface area (Å²) in [5, 5.41) is 2.90. The standard InChI is InChI=1S/C21H28N2O4S2/c1-14(2)23-29(25,26)19-10-11-20(15(3)12-19)27-13-21(24)22-16(4)17-6-8-18(28-5)9-7-17/h6-12,14,16,23H,13H2,1-5H3,(H,22,24). The lowest BCUT2D eigenvalue weighted by Gasteiger charge is -2.16. The smallest absolute Gasteiger partial charge is 0.258 e. The van der Waals surface area contributed by atoms with Crippen molar-refractivity contribution in [2.45, 2.75) is 49.6 Å². The lowest BCUT2D eigenvalue weighted by Crippen LogP contribution is -2.31. The highest BCUT2D eigenvalue weighted by atomic mass is 32.2. The molecule has 0 bridgehead atoms. The summed E-state index contributed by atoms with van der Waals surface area (Å²) in [6, 6.07) is 12.3. The first-order valence-electron chi connectivity index (χ1n) is 9.31. The molecule has 0 aromatic heterocycles.